The Morgan fingerprint density at radius 1 is 1.09 bits per heavy atom. The quantitative estimate of drug-likeness (QED) is 0.511. The van der Waals surface area contributed by atoms with Gasteiger partial charge in [-0.25, -0.2) is 0 Å². The number of nitro benzene ring substituents is 1. The lowest BCUT2D eigenvalue weighted by molar-refractivity contribution is -0.383. The molecular formula is C15H12ClN3O4. The fourth-order valence-electron chi connectivity index (χ4n) is 1.78. The molecular weight excluding hydrogens is 322 g/mol. The molecule has 0 aromatic heterocycles. The van der Waals surface area contributed by atoms with Crippen LogP contribution in [0.1, 0.15) is 5.56 Å². The smallest absolute Gasteiger partial charge is 0.314 e. The molecule has 0 bridgehead atoms. The average Bonchev–Trinajstić information content (AvgIpc) is 2.51. The Kier molecular flexibility index (Phi) is 4.92. The molecule has 8 heteroatoms. The number of benzene rings is 2. The van der Waals surface area contributed by atoms with Crippen LogP contribution in [-0.4, -0.2) is 16.7 Å². The van der Waals surface area contributed by atoms with E-state index >= 15 is 0 Å². The maximum Gasteiger partial charge on any atom is 0.314 e. The largest absolute Gasteiger partial charge is 0.318 e. The summed E-state index contributed by atoms with van der Waals surface area (Å²) in [5.41, 5.74) is 0.823. The molecule has 0 aliphatic carbocycles. The highest BCUT2D eigenvalue weighted by molar-refractivity contribution is 6.44. The summed E-state index contributed by atoms with van der Waals surface area (Å²) in [5.74, 6) is -1.97. The van der Waals surface area contributed by atoms with E-state index in [1.165, 1.54) is 30.3 Å². The number of hydrogen-bond acceptors (Lipinski definition) is 4. The van der Waals surface area contributed by atoms with Crippen LogP contribution in [0.15, 0.2) is 42.5 Å². The summed E-state index contributed by atoms with van der Waals surface area (Å²) < 4.78 is 0. The molecule has 0 saturated heterocycles. The Labute approximate surface area is 136 Å². The minimum absolute atomic E-state index is 0.0559. The van der Waals surface area contributed by atoms with E-state index in [0.717, 1.165) is 5.56 Å². The predicted octanol–water partition coefficient (Wildman–Crippen LogP) is 3.13. The van der Waals surface area contributed by atoms with Crippen LogP contribution in [0.2, 0.25) is 5.02 Å². The number of carbonyl (C=O) groups is 2. The van der Waals surface area contributed by atoms with E-state index in [9.17, 15) is 19.7 Å². The van der Waals surface area contributed by atoms with Crippen molar-refractivity contribution in [1.29, 1.82) is 0 Å². The van der Waals surface area contributed by atoms with Crippen LogP contribution in [-0.2, 0) is 9.59 Å². The lowest BCUT2D eigenvalue weighted by atomic mass is 10.2. The van der Waals surface area contributed by atoms with Crippen LogP contribution in [0, 0.1) is 17.0 Å². The molecule has 0 radical (unpaired) electrons. The molecule has 0 saturated carbocycles. The zero-order valence-corrected chi connectivity index (χ0v) is 12.8. The molecule has 2 amide bonds. The van der Waals surface area contributed by atoms with Crippen LogP contribution in [0.25, 0.3) is 0 Å². The molecule has 0 spiro atoms. The minimum atomic E-state index is -1.02. The first-order chi connectivity index (χ1) is 10.9. The molecule has 0 fully saturated rings. The third kappa shape index (κ3) is 4.04. The van der Waals surface area contributed by atoms with Gasteiger partial charge in [0.15, 0.2) is 0 Å². The number of nitrogens with zero attached hydrogens (tertiary/aromatic N) is 1. The van der Waals surface area contributed by atoms with Crippen molar-refractivity contribution < 1.29 is 14.5 Å². The number of nitro groups is 1. The number of carbonyl (C=O) groups excluding carboxylic acids is 2. The number of amides is 2. The Bertz CT molecular complexity index is 792. The molecule has 2 aromatic rings. The Balaban J connectivity index is 2.10. The maximum absolute atomic E-state index is 11.9. The first kappa shape index (κ1) is 16.4. The van der Waals surface area contributed by atoms with Gasteiger partial charge in [0.25, 0.3) is 5.69 Å². The van der Waals surface area contributed by atoms with E-state index < -0.39 is 16.7 Å². The van der Waals surface area contributed by atoms with Crippen LogP contribution in [0.3, 0.4) is 0 Å². The number of rotatable bonds is 3. The second-order valence-corrected chi connectivity index (χ2v) is 5.05. The van der Waals surface area contributed by atoms with E-state index in [-0.39, 0.29) is 11.4 Å². The molecule has 7 nitrogen and oxygen atoms in total. The number of para-hydroxylation sites is 2. The zero-order valence-electron chi connectivity index (χ0n) is 12.0. The molecule has 23 heavy (non-hydrogen) atoms. The molecule has 0 aliphatic rings. The lowest BCUT2D eigenvalue weighted by Gasteiger charge is -2.08. The standard InChI is InChI=1S/C15H12ClN3O4/c1-9-6-7-10(8-11(9)16)17-14(20)15(21)18-12-4-2-3-5-13(12)19(22)23/h2-8H,1H3,(H,17,20)(H,18,21). The fourth-order valence-corrected chi connectivity index (χ4v) is 1.96. The van der Waals surface area contributed by atoms with E-state index in [2.05, 4.69) is 10.6 Å². The Morgan fingerprint density at radius 3 is 2.39 bits per heavy atom. The summed E-state index contributed by atoms with van der Waals surface area (Å²) in [6.45, 7) is 1.80. The van der Waals surface area contributed by atoms with E-state index in [4.69, 9.17) is 11.6 Å². The van der Waals surface area contributed by atoms with Crippen molar-refractivity contribution in [3.05, 3.63) is 63.2 Å². The molecule has 2 N–H and O–H groups in total. The first-order valence-electron chi connectivity index (χ1n) is 6.50. The average molecular weight is 334 g/mol. The van der Waals surface area contributed by atoms with E-state index in [0.29, 0.717) is 10.7 Å². The third-order valence-corrected chi connectivity index (χ3v) is 3.39. The lowest BCUT2D eigenvalue weighted by Crippen LogP contribution is -2.29. The van der Waals surface area contributed by atoms with Gasteiger partial charge in [0.05, 0.1) is 4.92 Å². The van der Waals surface area contributed by atoms with Crippen molar-refractivity contribution in [3.63, 3.8) is 0 Å². The zero-order chi connectivity index (χ0) is 17.0. The molecule has 0 atom stereocenters. The summed E-state index contributed by atoms with van der Waals surface area (Å²) in [5, 5.41) is 15.9. The molecule has 118 valence electrons. The second-order valence-electron chi connectivity index (χ2n) is 4.65. The number of hydrogen-bond donors (Lipinski definition) is 2. The highest BCUT2D eigenvalue weighted by Gasteiger charge is 2.19. The van der Waals surface area contributed by atoms with Gasteiger partial charge < -0.3 is 10.6 Å². The normalized spacial score (nSPS) is 10.0. The van der Waals surface area contributed by atoms with Crippen molar-refractivity contribution in [1.82, 2.24) is 0 Å². The van der Waals surface area contributed by atoms with Gasteiger partial charge in [-0.2, -0.15) is 0 Å². The van der Waals surface area contributed by atoms with E-state index in [1.807, 2.05) is 0 Å². The Morgan fingerprint density at radius 2 is 1.74 bits per heavy atom. The molecule has 0 unspecified atom stereocenters. The number of aryl methyl sites for hydroxylation is 1. The van der Waals surface area contributed by atoms with Crippen LogP contribution >= 0.6 is 11.6 Å². The predicted molar refractivity (Wildman–Crippen MR) is 86.5 cm³/mol. The second kappa shape index (κ2) is 6.89. The fraction of sp³-hybridized carbons (Fsp3) is 0.0667. The number of nitrogens with one attached hydrogen (secondary N) is 2. The highest BCUT2D eigenvalue weighted by Crippen LogP contribution is 2.23. The summed E-state index contributed by atoms with van der Waals surface area (Å²) >= 11 is 5.94. The van der Waals surface area contributed by atoms with Gasteiger partial charge in [0.1, 0.15) is 5.69 Å². The number of halogens is 1. The number of anilines is 2. The van der Waals surface area contributed by atoms with Gasteiger partial charge in [0, 0.05) is 16.8 Å². The SMILES string of the molecule is Cc1ccc(NC(=O)C(=O)Nc2ccccc2[N+](=O)[O-])cc1Cl. The first-order valence-corrected chi connectivity index (χ1v) is 6.88. The maximum atomic E-state index is 11.9. The van der Waals surface area contributed by atoms with E-state index in [1.54, 1.807) is 19.1 Å². The van der Waals surface area contributed by atoms with Gasteiger partial charge in [-0.15, -0.1) is 0 Å². The van der Waals surface area contributed by atoms with Gasteiger partial charge >= 0.3 is 11.8 Å². The van der Waals surface area contributed by atoms with Crippen molar-refractivity contribution in [2.24, 2.45) is 0 Å². The summed E-state index contributed by atoms with van der Waals surface area (Å²) in [6.07, 6.45) is 0. The van der Waals surface area contributed by atoms with Gasteiger partial charge in [-0.1, -0.05) is 29.8 Å². The Hall–Kier alpha value is -2.93. The third-order valence-electron chi connectivity index (χ3n) is 2.98. The highest BCUT2D eigenvalue weighted by atomic mass is 35.5. The van der Waals surface area contributed by atoms with Crippen LogP contribution < -0.4 is 10.6 Å². The molecule has 0 aliphatic heterocycles. The molecule has 0 heterocycles. The topological polar surface area (TPSA) is 101 Å². The summed E-state index contributed by atoms with van der Waals surface area (Å²) in [6, 6.07) is 10.3. The van der Waals surface area contributed by atoms with Gasteiger partial charge in [-0.3, -0.25) is 19.7 Å². The van der Waals surface area contributed by atoms with Gasteiger partial charge in [0.2, 0.25) is 0 Å². The van der Waals surface area contributed by atoms with Gasteiger partial charge in [-0.05, 0) is 30.7 Å². The van der Waals surface area contributed by atoms with Crippen molar-refractivity contribution >= 4 is 40.5 Å². The molecule has 2 rings (SSSR count). The van der Waals surface area contributed by atoms with Crippen molar-refractivity contribution in [2.75, 3.05) is 10.6 Å². The molecule has 2 aromatic carbocycles. The summed E-state index contributed by atoms with van der Waals surface area (Å²) in [7, 11) is 0. The van der Waals surface area contributed by atoms with Crippen LogP contribution in [0.5, 0.6) is 0 Å². The monoisotopic (exact) mass is 333 g/mol. The summed E-state index contributed by atoms with van der Waals surface area (Å²) in [4.78, 5) is 33.9. The van der Waals surface area contributed by atoms with Crippen LogP contribution in [0.4, 0.5) is 17.1 Å². The minimum Gasteiger partial charge on any atom is -0.318 e. The van der Waals surface area contributed by atoms with Crippen molar-refractivity contribution in [3.8, 4) is 0 Å². The van der Waals surface area contributed by atoms with Crippen molar-refractivity contribution in [2.45, 2.75) is 6.92 Å².